The molecule has 2 aromatic rings. The standard InChI is InChI=1S/C16H15ClN2O4S/c1-21-15-16(22-2,23-8-13(17)19(15)9-20)12-6-10-4-3-5-11(7-18)14(10)24-12/h3-6,9,13,15H,8H2,1-2H3. The highest BCUT2D eigenvalue weighted by Crippen LogP contribution is 2.44. The maximum absolute atomic E-state index is 11.5. The van der Waals surface area contributed by atoms with Gasteiger partial charge in [-0.25, -0.2) is 0 Å². The lowest BCUT2D eigenvalue weighted by atomic mass is 10.1. The summed E-state index contributed by atoms with van der Waals surface area (Å²) >= 11 is 7.52. The van der Waals surface area contributed by atoms with Crippen molar-refractivity contribution in [2.45, 2.75) is 17.5 Å². The first-order chi connectivity index (χ1) is 11.6. The number of benzene rings is 1. The van der Waals surface area contributed by atoms with Crippen LogP contribution in [0.15, 0.2) is 24.3 Å². The number of thiophene rings is 1. The number of nitrogens with zero attached hydrogens (tertiary/aromatic N) is 2. The monoisotopic (exact) mass is 366 g/mol. The summed E-state index contributed by atoms with van der Waals surface area (Å²) in [6.45, 7) is 0.0906. The summed E-state index contributed by atoms with van der Waals surface area (Å²) < 4.78 is 17.9. The molecule has 1 amide bonds. The predicted octanol–water partition coefficient (Wildman–Crippen LogP) is 2.60. The quantitative estimate of drug-likeness (QED) is 0.472. The molecule has 0 N–H and O–H groups in total. The van der Waals surface area contributed by atoms with E-state index in [1.165, 1.54) is 30.5 Å². The average Bonchev–Trinajstić information content (AvgIpc) is 3.06. The van der Waals surface area contributed by atoms with Crippen molar-refractivity contribution in [1.29, 1.82) is 5.26 Å². The number of alkyl halides is 1. The number of nitriles is 1. The Morgan fingerprint density at radius 3 is 2.96 bits per heavy atom. The number of halogens is 1. The minimum atomic E-state index is -1.31. The molecule has 3 unspecified atom stereocenters. The van der Waals surface area contributed by atoms with Gasteiger partial charge in [-0.2, -0.15) is 5.26 Å². The lowest BCUT2D eigenvalue weighted by molar-refractivity contribution is -0.338. The first-order valence-corrected chi connectivity index (χ1v) is 8.38. The van der Waals surface area contributed by atoms with Gasteiger partial charge < -0.3 is 14.2 Å². The van der Waals surface area contributed by atoms with E-state index < -0.39 is 17.5 Å². The van der Waals surface area contributed by atoms with Gasteiger partial charge in [0.25, 0.3) is 5.79 Å². The van der Waals surface area contributed by atoms with E-state index in [0.29, 0.717) is 16.9 Å². The number of carbonyl (C=O) groups excluding carboxylic acids is 1. The summed E-state index contributed by atoms with van der Waals surface area (Å²) in [6, 6.07) is 9.54. The Morgan fingerprint density at radius 2 is 2.33 bits per heavy atom. The summed E-state index contributed by atoms with van der Waals surface area (Å²) in [5.74, 6) is -1.31. The van der Waals surface area contributed by atoms with Gasteiger partial charge in [-0.3, -0.25) is 9.69 Å². The Balaban J connectivity index is 2.16. The number of hydrogen-bond acceptors (Lipinski definition) is 6. The molecule has 2 heterocycles. The van der Waals surface area contributed by atoms with Crippen molar-refractivity contribution in [2.75, 3.05) is 20.8 Å². The van der Waals surface area contributed by atoms with Crippen LogP contribution in [0.1, 0.15) is 10.4 Å². The lowest BCUT2D eigenvalue weighted by Gasteiger charge is -2.47. The summed E-state index contributed by atoms with van der Waals surface area (Å²) in [7, 11) is 2.94. The second kappa shape index (κ2) is 6.67. The molecule has 0 saturated carbocycles. The minimum Gasteiger partial charge on any atom is -0.356 e. The van der Waals surface area contributed by atoms with Crippen LogP contribution < -0.4 is 0 Å². The molecule has 1 aromatic carbocycles. The molecule has 1 aromatic heterocycles. The van der Waals surface area contributed by atoms with Crippen molar-refractivity contribution < 1.29 is 19.0 Å². The van der Waals surface area contributed by atoms with E-state index in [1.54, 1.807) is 6.07 Å². The maximum atomic E-state index is 11.5. The fourth-order valence-electron chi connectivity index (χ4n) is 2.87. The molecule has 0 spiro atoms. The van der Waals surface area contributed by atoms with Crippen LogP contribution >= 0.6 is 22.9 Å². The molecule has 8 heteroatoms. The molecule has 3 atom stereocenters. The molecule has 3 rings (SSSR count). The largest absolute Gasteiger partial charge is 0.356 e. The lowest BCUT2D eigenvalue weighted by Crippen LogP contribution is -2.61. The van der Waals surface area contributed by atoms with E-state index in [0.717, 1.165) is 10.1 Å². The van der Waals surface area contributed by atoms with Gasteiger partial charge in [0.05, 0.1) is 21.7 Å². The van der Waals surface area contributed by atoms with Crippen LogP contribution in [0.25, 0.3) is 10.1 Å². The molecule has 0 radical (unpaired) electrons. The molecule has 6 nitrogen and oxygen atoms in total. The highest BCUT2D eigenvalue weighted by Gasteiger charge is 2.52. The first-order valence-electron chi connectivity index (χ1n) is 7.13. The fourth-order valence-corrected chi connectivity index (χ4v) is 4.34. The number of fused-ring (bicyclic) bond motifs is 1. The minimum absolute atomic E-state index is 0.0906. The number of carbonyl (C=O) groups is 1. The number of rotatable bonds is 4. The first kappa shape index (κ1) is 17.1. The van der Waals surface area contributed by atoms with E-state index in [9.17, 15) is 10.1 Å². The normalized spacial score (nSPS) is 27.2. The zero-order valence-electron chi connectivity index (χ0n) is 13.1. The molecule has 0 bridgehead atoms. The molecule has 1 fully saturated rings. The van der Waals surface area contributed by atoms with Gasteiger partial charge in [0.1, 0.15) is 11.6 Å². The van der Waals surface area contributed by atoms with Crippen molar-refractivity contribution in [3.63, 3.8) is 0 Å². The van der Waals surface area contributed by atoms with Crippen molar-refractivity contribution in [1.82, 2.24) is 4.90 Å². The molecular formula is C16H15ClN2O4S. The van der Waals surface area contributed by atoms with E-state index in [1.807, 2.05) is 18.2 Å². The number of ether oxygens (including phenoxy) is 3. The van der Waals surface area contributed by atoms with Crippen molar-refractivity contribution in [3.05, 3.63) is 34.7 Å². The molecular weight excluding hydrogens is 352 g/mol. The highest BCUT2D eigenvalue weighted by atomic mass is 35.5. The third-order valence-corrected chi connectivity index (χ3v) is 5.64. The molecule has 126 valence electrons. The Labute approximate surface area is 148 Å². The van der Waals surface area contributed by atoms with Crippen LogP contribution in [0.5, 0.6) is 0 Å². The van der Waals surface area contributed by atoms with Crippen LogP contribution in [0.2, 0.25) is 0 Å². The highest BCUT2D eigenvalue weighted by molar-refractivity contribution is 7.19. The van der Waals surface area contributed by atoms with Crippen LogP contribution in [-0.2, 0) is 24.8 Å². The maximum Gasteiger partial charge on any atom is 0.251 e. The number of methoxy groups -OCH3 is 2. The molecule has 24 heavy (non-hydrogen) atoms. The summed E-state index contributed by atoms with van der Waals surface area (Å²) in [5, 5.41) is 10.2. The van der Waals surface area contributed by atoms with Crippen LogP contribution in [0, 0.1) is 11.3 Å². The number of amides is 1. The zero-order chi connectivity index (χ0) is 17.3. The predicted molar refractivity (Wildman–Crippen MR) is 89.5 cm³/mol. The SMILES string of the molecule is COC1N(C=O)C(Cl)COC1(OC)c1cc2cccc(C#N)c2s1. The van der Waals surface area contributed by atoms with Crippen molar-refractivity contribution in [3.8, 4) is 6.07 Å². The summed E-state index contributed by atoms with van der Waals surface area (Å²) in [6.07, 6.45) is -0.231. The summed E-state index contributed by atoms with van der Waals surface area (Å²) in [4.78, 5) is 13.5. The molecule has 1 aliphatic rings. The molecule has 1 saturated heterocycles. The third kappa shape index (κ3) is 2.48. The average molecular weight is 367 g/mol. The Kier molecular flexibility index (Phi) is 4.76. The van der Waals surface area contributed by atoms with Crippen LogP contribution in [0.4, 0.5) is 0 Å². The van der Waals surface area contributed by atoms with Gasteiger partial charge >= 0.3 is 0 Å². The van der Waals surface area contributed by atoms with Gasteiger partial charge in [-0.05, 0) is 17.5 Å². The third-order valence-electron chi connectivity index (χ3n) is 4.01. The molecule has 0 aliphatic carbocycles. The summed E-state index contributed by atoms with van der Waals surface area (Å²) in [5.41, 5.74) is -0.0815. The number of hydrogen-bond donors (Lipinski definition) is 0. The van der Waals surface area contributed by atoms with Gasteiger partial charge in [-0.1, -0.05) is 23.7 Å². The molecule has 1 aliphatic heterocycles. The van der Waals surface area contributed by atoms with Crippen molar-refractivity contribution >= 4 is 39.4 Å². The second-order valence-electron chi connectivity index (χ2n) is 5.20. The fraction of sp³-hybridized carbons (Fsp3) is 0.375. The van der Waals surface area contributed by atoms with Gasteiger partial charge in [-0.15, -0.1) is 11.3 Å². The van der Waals surface area contributed by atoms with E-state index in [4.69, 9.17) is 25.8 Å². The van der Waals surface area contributed by atoms with Gasteiger partial charge in [0, 0.05) is 14.2 Å². The van der Waals surface area contributed by atoms with Crippen LogP contribution in [0.3, 0.4) is 0 Å². The van der Waals surface area contributed by atoms with Gasteiger partial charge in [0.2, 0.25) is 6.41 Å². The zero-order valence-corrected chi connectivity index (χ0v) is 14.6. The topological polar surface area (TPSA) is 71.8 Å². The van der Waals surface area contributed by atoms with E-state index >= 15 is 0 Å². The smallest absolute Gasteiger partial charge is 0.251 e. The van der Waals surface area contributed by atoms with Gasteiger partial charge in [0.15, 0.2) is 6.23 Å². The Hall–Kier alpha value is -1.69. The van der Waals surface area contributed by atoms with Crippen LogP contribution in [-0.4, -0.2) is 43.9 Å². The second-order valence-corrected chi connectivity index (χ2v) is 6.76. The Bertz CT molecular complexity index is 805. The van der Waals surface area contributed by atoms with E-state index in [2.05, 4.69) is 6.07 Å². The van der Waals surface area contributed by atoms with Crippen molar-refractivity contribution in [2.24, 2.45) is 0 Å². The number of morpholine rings is 1. The Morgan fingerprint density at radius 1 is 1.54 bits per heavy atom. The van der Waals surface area contributed by atoms with E-state index in [-0.39, 0.29) is 6.61 Å².